The molecule has 2 aromatic carbocycles. The van der Waals surface area contributed by atoms with Crippen LogP contribution >= 0.6 is 0 Å². The Morgan fingerprint density at radius 3 is 2.40 bits per heavy atom. The van der Waals surface area contributed by atoms with E-state index in [1.807, 2.05) is 19.1 Å². The van der Waals surface area contributed by atoms with Crippen molar-refractivity contribution >= 4 is 0 Å². The summed E-state index contributed by atoms with van der Waals surface area (Å²) < 4.78 is 5.52. The molecule has 2 aromatic rings. The van der Waals surface area contributed by atoms with Crippen LogP contribution in [0.25, 0.3) is 0 Å². The first-order chi connectivity index (χ1) is 9.67. The summed E-state index contributed by atoms with van der Waals surface area (Å²) in [7, 11) is 0. The number of benzene rings is 2. The molecular formula is C18H23NO. The van der Waals surface area contributed by atoms with Crippen LogP contribution < -0.4 is 10.5 Å². The van der Waals surface area contributed by atoms with Crippen molar-refractivity contribution in [3.05, 3.63) is 65.2 Å². The summed E-state index contributed by atoms with van der Waals surface area (Å²) in [4.78, 5) is 0. The van der Waals surface area contributed by atoms with E-state index in [2.05, 4.69) is 43.3 Å². The van der Waals surface area contributed by atoms with E-state index in [-0.39, 0.29) is 6.04 Å². The molecule has 0 saturated heterocycles. The molecule has 106 valence electrons. The standard InChI is InChI=1S/C18H23NO/c1-3-20-18-6-4-5-16(13-18)12-17(19)11-15-9-7-14(2)8-10-15/h4-10,13,17H,3,11-12,19H2,1-2H3. The second-order valence-corrected chi connectivity index (χ2v) is 5.23. The zero-order chi connectivity index (χ0) is 14.4. The van der Waals surface area contributed by atoms with Gasteiger partial charge in [0.05, 0.1) is 6.61 Å². The highest BCUT2D eigenvalue weighted by Gasteiger charge is 2.06. The summed E-state index contributed by atoms with van der Waals surface area (Å²) >= 11 is 0. The predicted octanol–water partition coefficient (Wildman–Crippen LogP) is 3.51. The number of rotatable bonds is 6. The smallest absolute Gasteiger partial charge is 0.119 e. The van der Waals surface area contributed by atoms with E-state index in [4.69, 9.17) is 10.5 Å². The van der Waals surface area contributed by atoms with Crippen LogP contribution in [0.2, 0.25) is 0 Å². The van der Waals surface area contributed by atoms with E-state index in [1.54, 1.807) is 0 Å². The monoisotopic (exact) mass is 269 g/mol. The summed E-state index contributed by atoms with van der Waals surface area (Å²) in [6, 6.07) is 16.9. The number of ether oxygens (including phenoxy) is 1. The molecular weight excluding hydrogens is 246 g/mol. The molecule has 20 heavy (non-hydrogen) atoms. The molecule has 0 aliphatic rings. The Bertz CT molecular complexity index is 533. The van der Waals surface area contributed by atoms with Gasteiger partial charge < -0.3 is 10.5 Å². The first-order valence-electron chi connectivity index (χ1n) is 7.20. The average molecular weight is 269 g/mol. The molecule has 0 radical (unpaired) electrons. The molecule has 0 fully saturated rings. The van der Waals surface area contributed by atoms with Crippen LogP contribution in [0.4, 0.5) is 0 Å². The zero-order valence-electron chi connectivity index (χ0n) is 12.3. The van der Waals surface area contributed by atoms with Crippen LogP contribution in [0.5, 0.6) is 5.75 Å². The zero-order valence-corrected chi connectivity index (χ0v) is 12.3. The maximum absolute atomic E-state index is 6.26. The molecule has 0 aliphatic heterocycles. The summed E-state index contributed by atoms with van der Waals surface area (Å²) in [6.07, 6.45) is 1.77. The van der Waals surface area contributed by atoms with Crippen molar-refractivity contribution in [3.8, 4) is 5.75 Å². The lowest BCUT2D eigenvalue weighted by molar-refractivity contribution is 0.340. The van der Waals surface area contributed by atoms with Crippen molar-refractivity contribution < 1.29 is 4.74 Å². The van der Waals surface area contributed by atoms with Gasteiger partial charge in [0.2, 0.25) is 0 Å². The minimum Gasteiger partial charge on any atom is -0.494 e. The molecule has 0 aliphatic carbocycles. The number of nitrogens with two attached hydrogens (primary N) is 1. The Morgan fingerprint density at radius 1 is 1.00 bits per heavy atom. The minimum atomic E-state index is 0.134. The molecule has 0 amide bonds. The van der Waals surface area contributed by atoms with Gasteiger partial charge in [-0.1, -0.05) is 42.0 Å². The maximum Gasteiger partial charge on any atom is 0.119 e. The average Bonchev–Trinajstić information content (AvgIpc) is 2.42. The van der Waals surface area contributed by atoms with Gasteiger partial charge in [0.1, 0.15) is 5.75 Å². The van der Waals surface area contributed by atoms with Gasteiger partial charge in [-0.25, -0.2) is 0 Å². The first-order valence-corrected chi connectivity index (χ1v) is 7.20. The maximum atomic E-state index is 6.26. The third kappa shape index (κ3) is 4.39. The van der Waals surface area contributed by atoms with Crippen molar-refractivity contribution in [2.75, 3.05) is 6.61 Å². The van der Waals surface area contributed by atoms with E-state index in [0.717, 1.165) is 18.6 Å². The summed E-state index contributed by atoms with van der Waals surface area (Å²) in [6.45, 7) is 4.79. The SMILES string of the molecule is CCOc1cccc(CC(N)Cc2ccc(C)cc2)c1. The Hall–Kier alpha value is -1.80. The van der Waals surface area contributed by atoms with Gasteiger partial charge in [0.15, 0.2) is 0 Å². The molecule has 2 heteroatoms. The van der Waals surface area contributed by atoms with Crippen LogP contribution in [-0.2, 0) is 12.8 Å². The fourth-order valence-corrected chi connectivity index (χ4v) is 2.33. The summed E-state index contributed by atoms with van der Waals surface area (Å²) in [5.74, 6) is 0.924. The minimum absolute atomic E-state index is 0.134. The number of hydrogen-bond acceptors (Lipinski definition) is 2. The molecule has 2 rings (SSSR count). The van der Waals surface area contributed by atoms with Crippen molar-refractivity contribution in [2.24, 2.45) is 5.73 Å². The second-order valence-electron chi connectivity index (χ2n) is 5.23. The molecule has 2 N–H and O–H groups in total. The fraction of sp³-hybridized carbons (Fsp3) is 0.333. The Morgan fingerprint density at radius 2 is 1.70 bits per heavy atom. The third-order valence-corrected chi connectivity index (χ3v) is 3.33. The van der Waals surface area contributed by atoms with E-state index < -0.39 is 0 Å². The van der Waals surface area contributed by atoms with E-state index in [9.17, 15) is 0 Å². The predicted molar refractivity (Wildman–Crippen MR) is 84.2 cm³/mol. The molecule has 2 nitrogen and oxygen atoms in total. The summed E-state index contributed by atoms with van der Waals surface area (Å²) in [5, 5.41) is 0. The normalized spacial score (nSPS) is 12.2. The molecule has 0 aromatic heterocycles. The van der Waals surface area contributed by atoms with Gasteiger partial charge in [-0.15, -0.1) is 0 Å². The molecule has 0 bridgehead atoms. The molecule has 0 spiro atoms. The summed E-state index contributed by atoms with van der Waals surface area (Å²) in [5.41, 5.74) is 10.1. The fourth-order valence-electron chi connectivity index (χ4n) is 2.33. The van der Waals surface area contributed by atoms with E-state index in [0.29, 0.717) is 6.61 Å². The highest BCUT2D eigenvalue weighted by Crippen LogP contribution is 2.15. The molecule has 1 atom stereocenters. The highest BCUT2D eigenvalue weighted by molar-refractivity contribution is 5.29. The lowest BCUT2D eigenvalue weighted by atomic mass is 9.99. The quantitative estimate of drug-likeness (QED) is 0.871. The van der Waals surface area contributed by atoms with Crippen molar-refractivity contribution in [2.45, 2.75) is 32.7 Å². The number of aryl methyl sites for hydroxylation is 1. The lowest BCUT2D eigenvalue weighted by Gasteiger charge is -2.13. The van der Waals surface area contributed by atoms with Crippen LogP contribution in [0.15, 0.2) is 48.5 Å². The molecule has 1 unspecified atom stereocenters. The third-order valence-electron chi connectivity index (χ3n) is 3.33. The van der Waals surface area contributed by atoms with Crippen LogP contribution in [0.1, 0.15) is 23.6 Å². The van der Waals surface area contributed by atoms with Crippen LogP contribution in [0, 0.1) is 6.92 Å². The van der Waals surface area contributed by atoms with Gasteiger partial charge in [-0.2, -0.15) is 0 Å². The second kappa shape index (κ2) is 7.11. The van der Waals surface area contributed by atoms with Gasteiger partial charge in [0.25, 0.3) is 0 Å². The van der Waals surface area contributed by atoms with Gasteiger partial charge >= 0.3 is 0 Å². The van der Waals surface area contributed by atoms with Crippen molar-refractivity contribution in [1.29, 1.82) is 0 Å². The topological polar surface area (TPSA) is 35.2 Å². The Labute approximate surface area is 121 Å². The van der Waals surface area contributed by atoms with Gasteiger partial charge in [-0.3, -0.25) is 0 Å². The number of hydrogen-bond donors (Lipinski definition) is 1. The lowest BCUT2D eigenvalue weighted by Crippen LogP contribution is -2.25. The van der Waals surface area contributed by atoms with Gasteiger partial charge in [-0.05, 0) is 49.9 Å². The van der Waals surface area contributed by atoms with Crippen LogP contribution in [0.3, 0.4) is 0 Å². The van der Waals surface area contributed by atoms with Crippen LogP contribution in [-0.4, -0.2) is 12.6 Å². The largest absolute Gasteiger partial charge is 0.494 e. The molecule has 0 saturated carbocycles. The first kappa shape index (κ1) is 14.6. The van der Waals surface area contributed by atoms with E-state index >= 15 is 0 Å². The van der Waals surface area contributed by atoms with E-state index in [1.165, 1.54) is 16.7 Å². The molecule has 0 heterocycles. The van der Waals surface area contributed by atoms with Crippen molar-refractivity contribution in [3.63, 3.8) is 0 Å². The Balaban J connectivity index is 1.95. The van der Waals surface area contributed by atoms with Crippen molar-refractivity contribution in [1.82, 2.24) is 0 Å². The van der Waals surface area contributed by atoms with Gasteiger partial charge in [0, 0.05) is 6.04 Å². The Kier molecular flexibility index (Phi) is 5.19. The highest BCUT2D eigenvalue weighted by atomic mass is 16.5.